The van der Waals surface area contributed by atoms with Gasteiger partial charge in [0.15, 0.2) is 0 Å². The van der Waals surface area contributed by atoms with Gasteiger partial charge in [0.2, 0.25) is 0 Å². The highest BCUT2D eigenvalue weighted by Crippen LogP contribution is 2.17. The van der Waals surface area contributed by atoms with Gasteiger partial charge in [0.05, 0.1) is 11.4 Å². The molecule has 6 nitrogen and oxygen atoms in total. The highest BCUT2D eigenvalue weighted by atomic mass is 16.1. The Morgan fingerprint density at radius 2 is 2.28 bits per heavy atom. The van der Waals surface area contributed by atoms with Crippen molar-refractivity contribution in [2.24, 2.45) is 0 Å². The third-order valence-electron chi connectivity index (χ3n) is 4.90. The maximum absolute atomic E-state index is 11.9. The van der Waals surface area contributed by atoms with Gasteiger partial charge in [-0.1, -0.05) is 6.92 Å². The summed E-state index contributed by atoms with van der Waals surface area (Å²) < 4.78 is 3.43. The standard InChI is InChI=1S/C19H27N5O/c1-4-18-21-17(9-12-22-11-6-7-15(22)2)14-23(18)13-16(3)24-19(25)8-5-10-20-24/h5,8,10,13-15H,4,6-7,9,11-12H2,1-3H3/b16-13+/t15-/m1/s1. The first-order chi connectivity index (χ1) is 12.1. The predicted octanol–water partition coefficient (Wildman–Crippen LogP) is 2.50. The molecule has 1 atom stereocenters. The fourth-order valence-electron chi connectivity index (χ4n) is 3.44. The smallest absolute Gasteiger partial charge is 0.271 e. The lowest BCUT2D eigenvalue weighted by Gasteiger charge is -2.19. The molecule has 3 rings (SSSR count). The topological polar surface area (TPSA) is 56.0 Å². The van der Waals surface area contributed by atoms with Crippen molar-refractivity contribution in [3.05, 3.63) is 46.4 Å². The maximum atomic E-state index is 11.9. The number of likely N-dealkylation sites (tertiary alicyclic amines) is 1. The number of aromatic nitrogens is 4. The fourth-order valence-corrected chi connectivity index (χ4v) is 3.44. The number of imidazole rings is 1. The zero-order valence-corrected chi connectivity index (χ0v) is 15.4. The minimum Gasteiger partial charge on any atom is -0.308 e. The highest BCUT2D eigenvalue weighted by Gasteiger charge is 2.20. The summed E-state index contributed by atoms with van der Waals surface area (Å²) in [6.45, 7) is 8.55. The van der Waals surface area contributed by atoms with E-state index in [2.05, 4.69) is 30.0 Å². The van der Waals surface area contributed by atoms with Crippen molar-refractivity contribution in [3.8, 4) is 0 Å². The van der Waals surface area contributed by atoms with E-state index in [9.17, 15) is 4.79 Å². The van der Waals surface area contributed by atoms with E-state index in [1.54, 1.807) is 12.3 Å². The predicted molar refractivity (Wildman–Crippen MR) is 100 cm³/mol. The Hall–Kier alpha value is -2.21. The van der Waals surface area contributed by atoms with E-state index < -0.39 is 0 Å². The summed E-state index contributed by atoms with van der Waals surface area (Å²) in [6, 6.07) is 3.85. The van der Waals surface area contributed by atoms with Crippen LogP contribution in [-0.4, -0.2) is 43.4 Å². The molecule has 1 saturated heterocycles. The number of hydrogen-bond donors (Lipinski definition) is 0. The van der Waals surface area contributed by atoms with E-state index >= 15 is 0 Å². The van der Waals surface area contributed by atoms with Crippen molar-refractivity contribution in [2.75, 3.05) is 13.1 Å². The summed E-state index contributed by atoms with van der Waals surface area (Å²) >= 11 is 0. The lowest BCUT2D eigenvalue weighted by Crippen LogP contribution is -2.29. The summed E-state index contributed by atoms with van der Waals surface area (Å²) in [4.78, 5) is 19.2. The molecule has 1 aliphatic heterocycles. The molecule has 0 N–H and O–H groups in total. The average molecular weight is 341 g/mol. The van der Waals surface area contributed by atoms with Crippen LogP contribution in [0.1, 0.15) is 45.1 Å². The van der Waals surface area contributed by atoms with E-state index in [1.165, 1.54) is 30.1 Å². The van der Waals surface area contributed by atoms with Crippen molar-refractivity contribution in [1.29, 1.82) is 0 Å². The number of hydrogen-bond acceptors (Lipinski definition) is 4. The Labute approximate surface area is 148 Å². The molecule has 0 saturated carbocycles. The van der Waals surface area contributed by atoms with Crippen molar-refractivity contribution in [2.45, 2.75) is 52.5 Å². The molecule has 3 heterocycles. The minimum absolute atomic E-state index is 0.127. The average Bonchev–Trinajstić information content (AvgIpc) is 3.19. The molecular weight excluding hydrogens is 314 g/mol. The van der Waals surface area contributed by atoms with Gasteiger partial charge in [-0.25, -0.2) is 9.67 Å². The van der Waals surface area contributed by atoms with Gasteiger partial charge in [0, 0.05) is 50.1 Å². The van der Waals surface area contributed by atoms with E-state index in [4.69, 9.17) is 4.98 Å². The summed E-state index contributed by atoms with van der Waals surface area (Å²) in [5.41, 5.74) is 1.75. The molecule has 25 heavy (non-hydrogen) atoms. The van der Waals surface area contributed by atoms with Gasteiger partial charge in [0.25, 0.3) is 5.56 Å². The molecule has 0 radical (unpaired) electrons. The van der Waals surface area contributed by atoms with E-state index in [0.717, 1.165) is 36.6 Å². The summed E-state index contributed by atoms with van der Waals surface area (Å²) in [5, 5.41) is 4.13. The molecule has 1 aliphatic rings. The molecular formula is C19H27N5O. The fraction of sp³-hybridized carbons (Fsp3) is 0.526. The first kappa shape index (κ1) is 17.6. The van der Waals surface area contributed by atoms with Crippen LogP contribution in [-0.2, 0) is 12.8 Å². The van der Waals surface area contributed by atoms with Crippen LogP contribution in [0.4, 0.5) is 0 Å². The third kappa shape index (κ3) is 4.07. The maximum Gasteiger partial charge on any atom is 0.271 e. The Balaban J connectivity index is 1.77. The van der Waals surface area contributed by atoms with Gasteiger partial charge in [0.1, 0.15) is 5.82 Å². The summed E-state index contributed by atoms with van der Waals surface area (Å²) in [6.07, 6.45) is 10.0. The molecule has 0 amide bonds. The van der Waals surface area contributed by atoms with Gasteiger partial charge in [-0.3, -0.25) is 4.79 Å². The Kier molecular flexibility index (Phi) is 5.48. The molecule has 0 spiro atoms. The number of allylic oxidation sites excluding steroid dienone is 1. The molecule has 0 aromatic carbocycles. The van der Waals surface area contributed by atoms with Crippen LogP contribution in [0.5, 0.6) is 0 Å². The molecule has 6 heteroatoms. The number of rotatable bonds is 6. The van der Waals surface area contributed by atoms with Crippen molar-refractivity contribution >= 4 is 11.9 Å². The normalized spacial score (nSPS) is 18.8. The molecule has 2 aromatic heterocycles. The first-order valence-corrected chi connectivity index (χ1v) is 9.12. The second kappa shape index (κ2) is 7.78. The highest BCUT2D eigenvalue weighted by molar-refractivity contribution is 5.58. The SMILES string of the molecule is CCc1nc(CCN2CCC[C@H]2C)cn1/C=C(\C)n1ncccc1=O. The van der Waals surface area contributed by atoms with Gasteiger partial charge in [-0.05, 0) is 39.3 Å². The molecule has 0 unspecified atom stereocenters. The zero-order chi connectivity index (χ0) is 17.8. The molecule has 0 bridgehead atoms. The van der Waals surface area contributed by atoms with Gasteiger partial charge >= 0.3 is 0 Å². The summed E-state index contributed by atoms with van der Waals surface area (Å²) in [5.74, 6) is 1.01. The number of aryl methyl sites for hydroxylation is 1. The Morgan fingerprint density at radius 1 is 1.44 bits per heavy atom. The van der Waals surface area contributed by atoms with Crippen LogP contribution in [0.15, 0.2) is 29.3 Å². The molecule has 1 fully saturated rings. The monoisotopic (exact) mass is 341 g/mol. The largest absolute Gasteiger partial charge is 0.308 e. The van der Waals surface area contributed by atoms with Crippen LogP contribution in [0.2, 0.25) is 0 Å². The van der Waals surface area contributed by atoms with Crippen molar-refractivity contribution in [3.63, 3.8) is 0 Å². The molecule has 0 aliphatic carbocycles. The van der Waals surface area contributed by atoms with E-state index in [-0.39, 0.29) is 5.56 Å². The molecule has 134 valence electrons. The van der Waals surface area contributed by atoms with Crippen molar-refractivity contribution in [1.82, 2.24) is 24.2 Å². The Bertz CT molecular complexity index is 804. The Morgan fingerprint density at radius 3 is 2.96 bits per heavy atom. The lowest BCUT2D eigenvalue weighted by molar-refractivity contribution is 0.271. The zero-order valence-electron chi connectivity index (χ0n) is 15.4. The van der Waals surface area contributed by atoms with Gasteiger partial charge in [-0.2, -0.15) is 5.10 Å². The van der Waals surface area contributed by atoms with Gasteiger partial charge in [-0.15, -0.1) is 0 Å². The van der Waals surface area contributed by atoms with E-state index in [0.29, 0.717) is 6.04 Å². The number of nitrogens with zero attached hydrogens (tertiary/aromatic N) is 5. The van der Waals surface area contributed by atoms with Crippen LogP contribution in [0, 0.1) is 0 Å². The van der Waals surface area contributed by atoms with Crippen LogP contribution in [0.3, 0.4) is 0 Å². The molecule has 2 aromatic rings. The second-order valence-electron chi connectivity index (χ2n) is 6.73. The quantitative estimate of drug-likeness (QED) is 0.810. The van der Waals surface area contributed by atoms with Crippen LogP contribution < -0.4 is 5.56 Å². The van der Waals surface area contributed by atoms with Crippen molar-refractivity contribution < 1.29 is 0 Å². The second-order valence-corrected chi connectivity index (χ2v) is 6.73. The van der Waals surface area contributed by atoms with E-state index in [1.807, 2.05) is 17.7 Å². The van der Waals surface area contributed by atoms with Crippen LogP contribution >= 0.6 is 0 Å². The lowest BCUT2D eigenvalue weighted by atomic mass is 10.2. The summed E-state index contributed by atoms with van der Waals surface area (Å²) in [7, 11) is 0. The minimum atomic E-state index is -0.127. The van der Waals surface area contributed by atoms with Crippen LogP contribution in [0.25, 0.3) is 11.9 Å². The third-order valence-corrected chi connectivity index (χ3v) is 4.90. The van der Waals surface area contributed by atoms with Gasteiger partial charge < -0.3 is 9.47 Å². The first-order valence-electron chi connectivity index (χ1n) is 9.12.